The Morgan fingerprint density at radius 2 is 2.31 bits per heavy atom. The molecule has 6 heteroatoms. The number of carbonyl (C=O) groups excluding carboxylic acids is 1. The van der Waals surface area contributed by atoms with Gasteiger partial charge in [0.25, 0.3) is 0 Å². The summed E-state index contributed by atoms with van der Waals surface area (Å²) in [5, 5.41) is 6.05. The molecule has 0 saturated heterocycles. The number of aromatic amines is 1. The van der Waals surface area contributed by atoms with E-state index in [2.05, 4.69) is 15.2 Å². The van der Waals surface area contributed by atoms with Crippen LogP contribution in [0.5, 0.6) is 0 Å². The topological polar surface area (TPSA) is 58.6 Å². The molecule has 0 atom stereocenters. The summed E-state index contributed by atoms with van der Waals surface area (Å²) < 4.78 is 13.1. The van der Waals surface area contributed by atoms with E-state index >= 15 is 0 Å². The van der Waals surface area contributed by atoms with Gasteiger partial charge in [-0.25, -0.2) is 9.37 Å². The van der Waals surface area contributed by atoms with Crippen LogP contribution >= 0.6 is 11.6 Å². The van der Waals surface area contributed by atoms with Gasteiger partial charge in [-0.15, -0.1) is 0 Å². The third-order valence-corrected chi connectivity index (χ3v) is 2.33. The molecule has 1 heterocycles. The van der Waals surface area contributed by atoms with E-state index in [1.165, 1.54) is 18.5 Å². The molecule has 4 nitrogen and oxygen atoms in total. The SMILES string of the molecule is O=C(Cc1ccc(Cl)c(F)c1)c1ncn[nH]1. The second-order valence-corrected chi connectivity index (χ2v) is 3.59. The third kappa shape index (κ3) is 2.25. The van der Waals surface area contributed by atoms with Crippen molar-refractivity contribution in [1.82, 2.24) is 15.2 Å². The summed E-state index contributed by atoms with van der Waals surface area (Å²) in [6, 6.07) is 4.25. The number of ketones is 1. The highest BCUT2D eigenvalue weighted by Gasteiger charge is 2.11. The molecule has 2 rings (SSSR count). The molecule has 0 aliphatic rings. The molecule has 1 aromatic heterocycles. The van der Waals surface area contributed by atoms with Crippen LogP contribution in [0, 0.1) is 5.82 Å². The Hall–Kier alpha value is -1.75. The zero-order chi connectivity index (χ0) is 11.5. The Morgan fingerprint density at radius 1 is 1.50 bits per heavy atom. The van der Waals surface area contributed by atoms with Crippen molar-refractivity contribution >= 4 is 17.4 Å². The monoisotopic (exact) mass is 239 g/mol. The van der Waals surface area contributed by atoms with Gasteiger partial charge in [-0.3, -0.25) is 9.89 Å². The number of H-pyrrole nitrogens is 1. The number of hydrogen-bond donors (Lipinski definition) is 1. The molecule has 2 aromatic rings. The van der Waals surface area contributed by atoms with Crippen molar-refractivity contribution in [2.24, 2.45) is 0 Å². The maximum absolute atomic E-state index is 13.1. The van der Waals surface area contributed by atoms with Crippen LogP contribution < -0.4 is 0 Å². The minimum atomic E-state index is -0.537. The van der Waals surface area contributed by atoms with Crippen molar-refractivity contribution in [3.05, 3.63) is 46.8 Å². The maximum Gasteiger partial charge on any atom is 0.203 e. The Morgan fingerprint density at radius 3 is 2.94 bits per heavy atom. The fourth-order valence-electron chi connectivity index (χ4n) is 1.26. The van der Waals surface area contributed by atoms with Crippen LogP contribution in [-0.2, 0) is 6.42 Å². The van der Waals surface area contributed by atoms with Gasteiger partial charge in [-0.1, -0.05) is 17.7 Å². The molecule has 82 valence electrons. The van der Waals surface area contributed by atoms with E-state index in [4.69, 9.17) is 11.6 Å². The molecule has 0 spiro atoms. The van der Waals surface area contributed by atoms with E-state index in [1.54, 1.807) is 6.07 Å². The first-order valence-corrected chi connectivity index (χ1v) is 4.87. The lowest BCUT2D eigenvalue weighted by Gasteiger charge is -2.00. The van der Waals surface area contributed by atoms with Crippen LogP contribution in [0.2, 0.25) is 5.02 Å². The Labute approximate surface area is 95.5 Å². The molecule has 0 aliphatic heterocycles. The van der Waals surface area contributed by atoms with Crippen molar-refractivity contribution in [1.29, 1.82) is 0 Å². The lowest BCUT2D eigenvalue weighted by atomic mass is 10.1. The van der Waals surface area contributed by atoms with Gasteiger partial charge in [0.05, 0.1) is 5.02 Å². The Balaban J connectivity index is 2.15. The van der Waals surface area contributed by atoms with Crippen molar-refractivity contribution in [3.8, 4) is 0 Å². The molecule has 0 fully saturated rings. The van der Waals surface area contributed by atoms with Crippen LogP contribution in [0.25, 0.3) is 0 Å². The van der Waals surface area contributed by atoms with Crippen LogP contribution in [0.3, 0.4) is 0 Å². The molecular weight excluding hydrogens is 233 g/mol. The molecular formula is C10H7ClFN3O. The molecule has 16 heavy (non-hydrogen) atoms. The van der Waals surface area contributed by atoms with E-state index in [1.807, 2.05) is 0 Å². The van der Waals surface area contributed by atoms with Crippen LogP contribution in [0.1, 0.15) is 16.2 Å². The van der Waals surface area contributed by atoms with Gasteiger partial charge in [0.2, 0.25) is 5.78 Å². The molecule has 0 bridgehead atoms. The summed E-state index contributed by atoms with van der Waals surface area (Å²) in [6.45, 7) is 0. The molecule has 1 aromatic carbocycles. The van der Waals surface area contributed by atoms with E-state index in [9.17, 15) is 9.18 Å². The number of rotatable bonds is 3. The smallest absolute Gasteiger partial charge is 0.203 e. The van der Waals surface area contributed by atoms with E-state index in [0.29, 0.717) is 5.56 Å². The lowest BCUT2D eigenvalue weighted by molar-refractivity contribution is 0.0983. The third-order valence-electron chi connectivity index (χ3n) is 2.03. The largest absolute Gasteiger partial charge is 0.290 e. The summed E-state index contributed by atoms with van der Waals surface area (Å²) in [6.07, 6.45) is 1.30. The molecule has 0 radical (unpaired) electrons. The minimum absolute atomic E-state index is 0.0378. The molecule has 0 aliphatic carbocycles. The van der Waals surface area contributed by atoms with Gasteiger partial charge < -0.3 is 0 Å². The minimum Gasteiger partial charge on any atom is -0.290 e. The second kappa shape index (κ2) is 4.40. The highest BCUT2D eigenvalue weighted by atomic mass is 35.5. The Bertz CT molecular complexity index is 513. The normalized spacial score (nSPS) is 10.4. The molecule has 0 saturated carbocycles. The van der Waals surface area contributed by atoms with Crippen molar-refractivity contribution < 1.29 is 9.18 Å². The predicted molar refractivity (Wildman–Crippen MR) is 55.8 cm³/mol. The van der Waals surface area contributed by atoms with Gasteiger partial charge in [0.1, 0.15) is 12.1 Å². The first-order chi connectivity index (χ1) is 7.66. The molecule has 0 amide bonds. The number of aromatic nitrogens is 3. The fraction of sp³-hybridized carbons (Fsp3) is 0.100. The molecule has 1 N–H and O–H groups in total. The number of halogens is 2. The van der Waals surface area contributed by atoms with Crippen LogP contribution in [0.4, 0.5) is 4.39 Å². The average Bonchev–Trinajstić information content (AvgIpc) is 2.77. The van der Waals surface area contributed by atoms with E-state index < -0.39 is 5.82 Å². The van der Waals surface area contributed by atoms with Crippen molar-refractivity contribution in [2.45, 2.75) is 6.42 Å². The number of hydrogen-bond acceptors (Lipinski definition) is 3. The molecule has 0 unspecified atom stereocenters. The Kier molecular flexibility index (Phi) is 2.96. The summed E-state index contributed by atoms with van der Waals surface area (Å²) in [5.74, 6) is -0.626. The van der Waals surface area contributed by atoms with Gasteiger partial charge in [0.15, 0.2) is 5.82 Å². The second-order valence-electron chi connectivity index (χ2n) is 3.18. The first kappa shape index (κ1) is 10.8. The van der Waals surface area contributed by atoms with Gasteiger partial charge in [-0.05, 0) is 17.7 Å². The summed E-state index contributed by atoms with van der Waals surface area (Å²) in [7, 11) is 0. The number of Topliss-reactive ketones (excluding diaryl/α,β-unsaturated/α-hetero) is 1. The number of benzene rings is 1. The summed E-state index contributed by atoms with van der Waals surface area (Å²) >= 11 is 5.53. The van der Waals surface area contributed by atoms with Gasteiger partial charge >= 0.3 is 0 Å². The van der Waals surface area contributed by atoms with Crippen molar-refractivity contribution in [3.63, 3.8) is 0 Å². The summed E-state index contributed by atoms with van der Waals surface area (Å²) in [5.41, 5.74) is 0.545. The highest BCUT2D eigenvalue weighted by Crippen LogP contribution is 2.16. The fourth-order valence-corrected chi connectivity index (χ4v) is 1.38. The quantitative estimate of drug-likeness (QED) is 0.834. The van der Waals surface area contributed by atoms with Crippen LogP contribution in [0.15, 0.2) is 24.5 Å². The first-order valence-electron chi connectivity index (χ1n) is 4.49. The van der Waals surface area contributed by atoms with E-state index in [-0.39, 0.29) is 23.1 Å². The lowest BCUT2D eigenvalue weighted by Crippen LogP contribution is -2.06. The summed E-state index contributed by atoms with van der Waals surface area (Å²) in [4.78, 5) is 15.3. The van der Waals surface area contributed by atoms with Crippen molar-refractivity contribution in [2.75, 3.05) is 0 Å². The predicted octanol–water partition coefficient (Wildman–Crippen LogP) is 2.02. The van der Waals surface area contributed by atoms with E-state index in [0.717, 1.165) is 0 Å². The van der Waals surface area contributed by atoms with Gasteiger partial charge in [0, 0.05) is 6.42 Å². The number of nitrogens with one attached hydrogen (secondary N) is 1. The highest BCUT2D eigenvalue weighted by molar-refractivity contribution is 6.30. The maximum atomic E-state index is 13.1. The van der Waals surface area contributed by atoms with Crippen LogP contribution in [-0.4, -0.2) is 21.0 Å². The van der Waals surface area contributed by atoms with Gasteiger partial charge in [-0.2, -0.15) is 5.10 Å². The number of carbonyl (C=O) groups is 1. The standard InChI is InChI=1S/C10H7ClFN3O/c11-7-2-1-6(3-8(7)12)4-9(16)10-13-5-14-15-10/h1-3,5H,4H2,(H,13,14,15). The zero-order valence-corrected chi connectivity index (χ0v) is 8.83. The zero-order valence-electron chi connectivity index (χ0n) is 8.08. The average molecular weight is 240 g/mol. The number of nitrogens with zero attached hydrogens (tertiary/aromatic N) is 2.